The molecule has 0 fully saturated rings. The summed E-state index contributed by atoms with van der Waals surface area (Å²) in [6.07, 6.45) is 4.43. The van der Waals surface area contributed by atoms with Crippen molar-refractivity contribution in [1.29, 1.82) is 0 Å². The van der Waals surface area contributed by atoms with Gasteiger partial charge in [-0.3, -0.25) is 9.59 Å². The fourth-order valence-corrected chi connectivity index (χ4v) is 1.70. The predicted molar refractivity (Wildman–Crippen MR) is 67.8 cm³/mol. The summed E-state index contributed by atoms with van der Waals surface area (Å²) in [5.41, 5.74) is 6.77. The van der Waals surface area contributed by atoms with Crippen molar-refractivity contribution in [2.75, 3.05) is 0 Å². The van der Waals surface area contributed by atoms with E-state index in [9.17, 15) is 9.59 Å². The second-order valence-electron chi connectivity index (χ2n) is 4.22. The van der Waals surface area contributed by atoms with Crippen LogP contribution in [-0.2, 0) is 11.2 Å². The molecule has 0 unspecified atom stereocenters. The number of carbonyl (C=O) groups is 2. The molecule has 0 aromatic heterocycles. The Kier molecular flexibility index (Phi) is 5.40. The molecule has 0 saturated carbocycles. The molecule has 1 aromatic carbocycles. The zero-order chi connectivity index (χ0) is 12.7. The van der Waals surface area contributed by atoms with Crippen molar-refractivity contribution >= 4 is 11.7 Å². The van der Waals surface area contributed by atoms with E-state index in [1.165, 1.54) is 24.8 Å². The minimum absolute atomic E-state index is 0.211. The lowest BCUT2D eigenvalue weighted by atomic mass is 10.0. The van der Waals surface area contributed by atoms with Crippen LogP contribution in [0.2, 0.25) is 0 Å². The Hall–Kier alpha value is -1.64. The Balaban J connectivity index is 2.55. The lowest BCUT2D eigenvalue weighted by molar-refractivity contribution is -0.117. The van der Waals surface area contributed by atoms with Gasteiger partial charge in [0, 0.05) is 5.56 Å². The van der Waals surface area contributed by atoms with Crippen molar-refractivity contribution in [3.63, 3.8) is 0 Å². The summed E-state index contributed by atoms with van der Waals surface area (Å²) in [5, 5.41) is 0. The van der Waals surface area contributed by atoms with Crippen LogP contribution >= 0.6 is 0 Å². The minimum Gasteiger partial charge on any atom is -0.369 e. The number of ketones is 1. The molecule has 0 spiro atoms. The first-order chi connectivity index (χ1) is 8.13. The fourth-order valence-electron chi connectivity index (χ4n) is 1.70. The molecule has 0 atom stereocenters. The van der Waals surface area contributed by atoms with Crippen LogP contribution in [0.5, 0.6) is 0 Å². The monoisotopic (exact) mass is 233 g/mol. The second kappa shape index (κ2) is 6.84. The first-order valence-electron chi connectivity index (χ1n) is 6.04. The van der Waals surface area contributed by atoms with E-state index in [1.54, 1.807) is 12.1 Å². The van der Waals surface area contributed by atoms with Crippen molar-refractivity contribution in [3.05, 3.63) is 35.4 Å². The summed E-state index contributed by atoms with van der Waals surface area (Å²) in [6.45, 7) is 2.17. The maximum Gasteiger partial charge on any atom is 0.225 e. The van der Waals surface area contributed by atoms with Gasteiger partial charge in [0.1, 0.15) is 0 Å². The smallest absolute Gasteiger partial charge is 0.225 e. The van der Waals surface area contributed by atoms with Gasteiger partial charge in [0.2, 0.25) is 5.91 Å². The van der Waals surface area contributed by atoms with Gasteiger partial charge in [-0.25, -0.2) is 0 Å². The summed E-state index contributed by atoms with van der Waals surface area (Å²) in [7, 11) is 0. The van der Waals surface area contributed by atoms with Crippen LogP contribution < -0.4 is 5.73 Å². The normalized spacial score (nSPS) is 10.2. The molecular formula is C14H19NO2. The van der Waals surface area contributed by atoms with Gasteiger partial charge in [-0.15, -0.1) is 0 Å². The third kappa shape index (κ3) is 4.81. The Labute approximate surface area is 102 Å². The van der Waals surface area contributed by atoms with Crippen LogP contribution in [0, 0.1) is 0 Å². The highest BCUT2D eigenvalue weighted by molar-refractivity contribution is 6.06. The van der Waals surface area contributed by atoms with Crippen LogP contribution in [0.1, 0.15) is 48.5 Å². The quantitative estimate of drug-likeness (QED) is 0.447. The van der Waals surface area contributed by atoms with Gasteiger partial charge in [-0.2, -0.15) is 0 Å². The van der Waals surface area contributed by atoms with E-state index in [0.29, 0.717) is 5.56 Å². The van der Waals surface area contributed by atoms with Crippen molar-refractivity contribution in [2.45, 2.75) is 39.0 Å². The highest BCUT2D eigenvalue weighted by Crippen LogP contribution is 2.10. The topological polar surface area (TPSA) is 60.2 Å². The molecular weight excluding hydrogens is 214 g/mol. The number of rotatable bonds is 7. The number of benzene rings is 1. The van der Waals surface area contributed by atoms with Crippen LogP contribution in [0.25, 0.3) is 0 Å². The standard InChI is InChI=1S/C14H19NO2/c1-2-3-4-5-11-6-8-12(9-7-11)13(16)10-14(15)17/h6-9H,2-5,10H2,1H3,(H2,15,17). The molecule has 3 nitrogen and oxygen atoms in total. The molecule has 0 bridgehead atoms. The van der Waals surface area contributed by atoms with Gasteiger partial charge in [0.05, 0.1) is 6.42 Å². The first-order valence-corrected chi connectivity index (χ1v) is 6.04. The number of nitrogens with two attached hydrogens (primary N) is 1. The van der Waals surface area contributed by atoms with Crippen LogP contribution in [0.4, 0.5) is 0 Å². The van der Waals surface area contributed by atoms with Crippen molar-refractivity contribution < 1.29 is 9.59 Å². The Morgan fingerprint density at radius 3 is 2.29 bits per heavy atom. The third-order valence-corrected chi connectivity index (χ3v) is 2.68. The SMILES string of the molecule is CCCCCc1ccc(C(=O)CC(N)=O)cc1. The van der Waals surface area contributed by atoms with Gasteiger partial charge in [-0.05, 0) is 18.4 Å². The second-order valence-corrected chi connectivity index (χ2v) is 4.22. The van der Waals surface area contributed by atoms with Crippen LogP contribution in [0.15, 0.2) is 24.3 Å². The molecule has 0 aliphatic carbocycles. The van der Waals surface area contributed by atoms with Gasteiger partial charge >= 0.3 is 0 Å². The van der Waals surface area contributed by atoms with E-state index in [2.05, 4.69) is 6.92 Å². The maximum absolute atomic E-state index is 11.5. The largest absolute Gasteiger partial charge is 0.369 e. The van der Waals surface area contributed by atoms with Gasteiger partial charge in [0.25, 0.3) is 0 Å². The lowest BCUT2D eigenvalue weighted by Gasteiger charge is -2.02. The van der Waals surface area contributed by atoms with E-state index >= 15 is 0 Å². The van der Waals surface area contributed by atoms with Gasteiger partial charge < -0.3 is 5.73 Å². The number of aryl methyl sites for hydroxylation is 1. The van der Waals surface area contributed by atoms with Crippen molar-refractivity contribution in [1.82, 2.24) is 0 Å². The van der Waals surface area contributed by atoms with E-state index in [1.807, 2.05) is 12.1 Å². The summed E-state index contributed by atoms with van der Waals surface area (Å²) < 4.78 is 0. The number of unbranched alkanes of at least 4 members (excludes halogenated alkanes) is 2. The van der Waals surface area contributed by atoms with E-state index in [4.69, 9.17) is 5.73 Å². The van der Waals surface area contributed by atoms with E-state index in [0.717, 1.165) is 6.42 Å². The van der Waals surface area contributed by atoms with Crippen molar-refractivity contribution in [2.24, 2.45) is 5.73 Å². The molecule has 0 aliphatic rings. The third-order valence-electron chi connectivity index (χ3n) is 2.68. The molecule has 0 heterocycles. The average molecular weight is 233 g/mol. The molecule has 2 N–H and O–H groups in total. The molecule has 0 aliphatic heterocycles. The summed E-state index contributed by atoms with van der Waals surface area (Å²) in [4.78, 5) is 22.2. The zero-order valence-corrected chi connectivity index (χ0v) is 10.2. The Bertz CT molecular complexity index is 382. The zero-order valence-electron chi connectivity index (χ0n) is 10.2. The Morgan fingerprint density at radius 2 is 1.76 bits per heavy atom. The number of hydrogen-bond donors (Lipinski definition) is 1. The maximum atomic E-state index is 11.5. The minimum atomic E-state index is -0.581. The lowest BCUT2D eigenvalue weighted by Crippen LogP contribution is -2.16. The highest BCUT2D eigenvalue weighted by atomic mass is 16.2. The number of amides is 1. The molecule has 0 saturated heterocycles. The summed E-state index contributed by atoms with van der Waals surface area (Å²) in [5.74, 6) is -0.792. The molecule has 1 aromatic rings. The first kappa shape index (κ1) is 13.4. The fraction of sp³-hybridized carbons (Fsp3) is 0.429. The molecule has 1 amide bonds. The van der Waals surface area contributed by atoms with E-state index < -0.39 is 5.91 Å². The molecule has 92 valence electrons. The molecule has 0 radical (unpaired) electrons. The van der Waals surface area contributed by atoms with E-state index in [-0.39, 0.29) is 12.2 Å². The number of Topliss-reactive ketones (excluding diaryl/α,β-unsaturated/α-hetero) is 1. The predicted octanol–water partition coefficient (Wildman–Crippen LogP) is 2.48. The van der Waals surface area contributed by atoms with Crippen LogP contribution in [0.3, 0.4) is 0 Å². The Morgan fingerprint density at radius 1 is 1.12 bits per heavy atom. The average Bonchev–Trinajstić information content (AvgIpc) is 2.29. The molecule has 3 heteroatoms. The molecule has 1 rings (SSSR count). The summed E-state index contributed by atoms with van der Waals surface area (Å²) in [6, 6.07) is 7.44. The highest BCUT2D eigenvalue weighted by Gasteiger charge is 2.08. The van der Waals surface area contributed by atoms with Gasteiger partial charge in [0.15, 0.2) is 5.78 Å². The summed E-state index contributed by atoms with van der Waals surface area (Å²) >= 11 is 0. The van der Waals surface area contributed by atoms with Gasteiger partial charge in [-0.1, -0.05) is 44.0 Å². The van der Waals surface area contributed by atoms with Crippen LogP contribution in [-0.4, -0.2) is 11.7 Å². The number of carbonyl (C=O) groups excluding carboxylic acids is 2. The number of hydrogen-bond acceptors (Lipinski definition) is 2. The number of primary amides is 1. The molecule has 17 heavy (non-hydrogen) atoms. The van der Waals surface area contributed by atoms with Crippen molar-refractivity contribution in [3.8, 4) is 0 Å².